The van der Waals surface area contributed by atoms with Crippen molar-refractivity contribution in [2.45, 2.75) is 26.4 Å². The van der Waals surface area contributed by atoms with Crippen molar-refractivity contribution in [2.24, 2.45) is 0 Å². The standard InChI is InChI=1S/C15H18N2O2/c1-12-9-15(14(11-18)10-17-12)19-8-2-3-13-4-6-16-7-5-13/h4-7,9-10,18H,2-3,8,11H2,1H3. The number of aliphatic hydroxyl groups is 1. The molecule has 0 bridgehead atoms. The van der Waals surface area contributed by atoms with Crippen LogP contribution in [0.25, 0.3) is 0 Å². The molecule has 1 N–H and O–H groups in total. The topological polar surface area (TPSA) is 55.2 Å². The maximum Gasteiger partial charge on any atom is 0.128 e. The van der Waals surface area contributed by atoms with E-state index in [1.807, 2.05) is 25.1 Å². The molecule has 0 atom stereocenters. The number of rotatable bonds is 6. The first kappa shape index (κ1) is 13.5. The van der Waals surface area contributed by atoms with Gasteiger partial charge >= 0.3 is 0 Å². The molecule has 2 aromatic heterocycles. The Hall–Kier alpha value is -1.94. The van der Waals surface area contributed by atoms with Crippen molar-refractivity contribution in [3.05, 3.63) is 53.6 Å². The smallest absolute Gasteiger partial charge is 0.128 e. The van der Waals surface area contributed by atoms with Crippen LogP contribution in [0.1, 0.15) is 23.2 Å². The summed E-state index contributed by atoms with van der Waals surface area (Å²) in [6.07, 6.45) is 7.14. The maximum atomic E-state index is 9.22. The molecular formula is C15H18N2O2. The van der Waals surface area contributed by atoms with E-state index in [1.54, 1.807) is 18.6 Å². The second-order valence-corrected chi connectivity index (χ2v) is 4.40. The maximum absolute atomic E-state index is 9.22. The fourth-order valence-electron chi connectivity index (χ4n) is 1.82. The summed E-state index contributed by atoms with van der Waals surface area (Å²) in [5.41, 5.74) is 2.88. The Morgan fingerprint density at radius 3 is 2.79 bits per heavy atom. The normalized spacial score (nSPS) is 10.4. The van der Waals surface area contributed by atoms with Gasteiger partial charge in [0.25, 0.3) is 0 Å². The van der Waals surface area contributed by atoms with Crippen LogP contribution >= 0.6 is 0 Å². The van der Waals surface area contributed by atoms with E-state index in [1.165, 1.54) is 5.56 Å². The average molecular weight is 258 g/mol. The minimum atomic E-state index is -0.0486. The van der Waals surface area contributed by atoms with Crippen LogP contribution in [-0.4, -0.2) is 21.7 Å². The Bertz CT molecular complexity index is 515. The van der Waals surface area contributed by atoms with Gasteiger partial charge in [-0.15, -0.1) is 0 Å². The molecule has 2 rings (SSSR count). The highest BCUT2D eigenvalue weighted by molar-refractivity contribution is 5.32. The second kappa shape index (κ2) is 6.85. The minimum Gasteiger partial charge on any atom is -0.493 e. The highest BCUT2D eigenvalue weighted by atomic mass is 16.5. The van der Waals surface area contributed by atoms with Gasteiger partial charge in [0, 0.05) is 35.9 Å². The molecule has 2 aromatic rings. The van der Waals surface area contributed by atoms with E-state index in [9.17, 15) is 5.11 Å². The Morgan fingerprint density at radius 2 is 2.05 bits per heavy atom. The van der Waals surface area contributed by atoms with Crippen LogP contribution in [0.3, 0.4) is 0 Å². The molecule has 0 aliphatic carbocycles. The Morgan fingerprint density at radius 1 is 1.26 bits per heavy atom. The molecule has 4 nitrogen and oxygen atoms in total. The lowest BCUT2D eigenvalue weighted by Gasteiger charge is -2.10. The number of nitrogens with zero attached hydrogens (tertiary/aromatic N) is 2. The molecule has 0 saturated carbocycles. The van der Waals surface area contributed by atoms with E-state index in [-0.39, 0.29) is 6.61 Å². The third kappa shape index (κ3) is 4.03. The predicted molar refractivity (Wildman–Crippen MR) is 72.9 cm³/mol. The zero-order chi connectivity index (χ0) is 13.5. The number of hydrogen-bond acceptors (Lipinski definition) is 4. The number of hydrogen-bond donors (Lipinski definition) is 1. The highest BCUT2D eigenvalue weighted by Gasteiger charge is 2.04. The van der Waals surface area contributed by atoms with Crippen LogP contribution in [0, 0.1) is 6.92 Å². The molecular weight excluding hydrogens is 240 g/mol. The lowest BCUT2D eigenvalue weighted by Crippen LogP contribution is -2.03. The summed E-state index contributed by atoms with van der Waals surface area (Å²) in [5, 5.41) is 9.22. The van der Waals surface area contributed by atoms with E-state index < -0.39 is 0 Å². The van der Waals surface area contributed by atoms with Gasteiger partial charge in [-0.3, -0.25) is 9.97 Å². The van der Waals surface area contributed by atoms with Gasteiger partial charge in [-0.2, -0.15) is 0 Å². The molecule has 4 heteroatoms. The highest BCUT2D eigenvalue weighted by Crippen LogP contribution is 2.18. The summed E-state index contributed by atoms with van der Waals surface area (Å²) in [4.78, 5) is 8.13. The summed E-state index contributed by atoms with van der Waals surface area (Å²) in [6, 6.07) is 5.88. The lowest BCUT2D eigenvalue weighted by molar-refractivity contribution is 0.260. The molecule has 0 saturated heterocycles. The summed E-state index contributed by atoms with van der Waals surface area (Å²) < 4.78 is 5.71. The molecule has 2 heterocycles. The van der Waals surface area contributed by atoms with Crippen molar-refractivity contribution in [3.8, 4) is 5.75 Å². The molecule has 0 fully saturated rings. The van der Waals surface area contributed by atoms with Crippen LogP contribution < -0.4 is 4.74 Å². The van der Waals surface area contributed by atoms with Gasteiger partial charge in [-0.05, 0) is 37.5 Å². The molecule has 0 spiro atoms. The largest absolute Gasteiger partial charge is 0.493 e. The molecule has 0 aliphatic heterocycles. The summed E-state index contributed by atoms with van der Waals surface area (Å²) in [6.45, 7) is 2.48. The first-order valence-electron chi connectivity index (χ1n) is 6.37. The zero-order valence-corrected chi connectivity index (χ0v) is 11.0. The molecule has 19 heavy (non-hydrogen) atoms. The Balaban J connectivity index is 1.84. The van der Waals surface area contributed by atoms with Crippen molar-refractivity contribution in [1.29, 1.82) is 0 Å². The van der Waals surface area contributed by atoms with E-state index in [4.69, 9.17) is 4.74 Å². The number of ether oxygens (including phenoxy) is 1. The van der Waals surface area contributed by atoms with Gasteiger partial charge in [-0.25, -0.2) is 0 Å². The van der Waals surface area contributed by atoms with Gasteiger partial charge in [0.1, 0.15) is 5.75 Å². The van der Waals surface area contributed by atoms with Gasteiger partial charge < -0.3 is 9.84 Å². The third-order valence-electron chi connectivity index (χ3n) is 2.87. The van der Waals surface area contributed by atoms with E-state index in [2.05, 4.69) is 9.97 Å². The Kier molecular flexibility index (Phi) is 4.86. The summed E-state index contributed by atoms with van der Waals surface area (Å²) >= 11 is 0. The minimum absolute atomic E-state index is 0.0486. The lowest BCUT2D eigenvalue weighted by atomic mass is 10.1. The molecule has 0 unspecified atom stereocenters. The average Bonchev–Trinajstić information content (AvgIpc) is 2.45. The van der Waals surface area contributed by atoms with Crippen LogP contribution in [0.2, 0.25) is 0 Å². The Labute approximate surface area is 113 Å². The van der Waals surface area contributed by atoms with Crippen LogP contribution in [-0.2, 0) is 13.0 Å². The SMILES string of the molecule is Cc1cc(OCCCc2ccncc2)c(CO)cn1. The number of aryl methyl sites for hydroxylation is 2. The summed E-state index contributed by atoms with van der Waals surface area (Å²) in [7, 11) is 0. The van der Waals surface area contributed by atoms with E-state index in [0.29, 0.717) is 6.61 Å². The van der Waals surface area contributed by atoms with E-state index in [0.717, 1.165) is 29.8 Å². The first-order valence-corrected chi connectivity index (χ1v) is 6.37. The molecule has 100 valence electrons. The monoisotopic (exact) mass is 258 g/mol. The van der Waals surface area contributed by atoms with E-state index >= 15 is 0 Å². The fraction of sp³-hybridized carbons (Fsp3) is 0.333. The molecule has 0 aromatic carbocycles. The van der Waals surface area contributed by atoms with Crippen molar-refractivity contribution < 1.29 is 9.84 Å². The van der Waals surface area contributed by atoms with Crippen LogP contribution in [0.15, 0.2) is 36.8 Å². The quantitative estimate of drug-likeness (QED) is 0.808. The predicted octanol–water partition coefficient (Wildman–Crippen LogP) is 2.29. The van der Waals surface area contributed by atoms with Crippen molar-refractivity contribution in [3.63, 3.8) is 0 Å². The van der Waals surface area contributed by atoms with Crippen LogP contribution in [0.4, 0.5) is 0 Å². The van der Waals surface area contributed by atoms with Crippen molar-refractivity contribution >= 4 is 0 Å². The zero-order valence-electron chi connectivity index (χ0n) is 11.0. The second-order valence-electron chi connectivity index (χ2n) is 4.40. The first-order chi connectivity index (χ1) is 9.29. The molecule has 0 radical (unpaired) electrons. The van der Waals surface area contributed by atoms with Gasteiger partial charge in [0.05, 0.1) is 13.2 Å². The van der Waals surface area contributed by atoms with Crippen molar-refractivity contribution in [2.75, 3.05) is 6.61 Å². The number of aliphatic hydroxyl groups excluding tert-OH is 1. The van der Waals surface area contributed by atoms with Gasteiger partial charge in [-0.1, -0.05) is 0 Å². The molecule has 0 amide bonds. The molecule has 0 aliphatic rings. The van der Waals surface area contributed by atoms with Crippen molar-refractivity contribution in [1.82, 2.24) is 9.97 Å². The van der Waals surface area contributed by atoms with Crippen LogP contribution in [0.5, 0.6) is 5.75 Å². The number of aromatic nitrogens is 2. The third-order valence-corrected chi connectivity index (χ3v) is 2.87. The summed E-state index contributed by atoms with van der Waals surface area (Å²) in [5.74, 6) is 0.727. The number of pyridine rings is 2. The van der Waals surface area contributed by atoms with Gasteiger partial charge in [0.15, 0.2) is 0 Å². The van der Waals surface area contributed by atoms with Gasteiger partial charge in [0.2, 0.25) is 0 Å². The fourth-order valence-corrected chi connectivity index (χ4v) is 1.82.